The zero-order valence-electron chi connectivity index (χ0n) is 12.3. The second kappa shape index (κ2) is 7.22. The van der Waals surface area contributed by atoms with Gasteiger partial charge in [0.1, 0.15) is 5.69 Å². The van der Waals surface area contributed by atoms with Crippen molar-refractivity contribution < 1.29 is 4.92 Å². The van der Waals surface area contributed by atoms with Gasteiger partial charge in [0.2, 0.25) is 0 Å². The van der Waals surface area contributed by atoms with Gasteiger partial charge in [-0.2, -0.15) is 0 Å². The Labute approximate surface area is 133 Å². The molecule has 5 nitrogen and oxygen atoms in total. The minimum atomic E-state index is -0.294. The van der Waals surface area contributed by atoms with Crippen LogP contribution in [0.4, 0.5) is 11.4 Å². The van der Waals surface area contributed by atoms with Crippen molar-refractivity contribution in [2.45, 2.75) is 51.1 Å². The third kappa shape index (κ3) is 3.95. The molecular weight excluding hydrogens is 334 g/mol. The van der Waals surface area contributed by atoms with Gasteiger partial charge in [-0.1, -0.05) is 22.9 Å². The molecule has 0 atom stereocenters. The van der Waals surface area contributed by atoms with Gasteiger partial charge in [-0.05, 0) is 44.2 Å². The normalized spacial score (nSPS) is 22.0. The van der Waals surface area contributed by atoms with Gasteiger partial charge in [0.15, 0.2) is 0 Å². The van der Waals surface area contributed by atoms with Gasteiger partial charge in [0, 0.05) is 29.2 Å². The Hall–Kier alpha value is -1.14. The third-order valence-electron chi connectivity index (χ3n) is 4.09. The van der Waals surface area contributed by atoms with Gasteiger partial charge < -0.3 is 10.6 Å². The molecule has 0 amide bonds. The molecule has 0 aliphatic heterocycles. The molecule has 2 rings (SSSR count). The Morgan fingerprint density at radius 2 is 2.05 bits per heavy atom. The largest absolute Gasteiger partial charge is 0.363 e. The van der Waals surface area contributed by atoms with E-state index >= 15 is 0 Å². The number of nitro groups is 1. The first-order valence-electron chi connectivity index (χ1n) is 7.49. The molecular formula is C15H22BrN3O2. The lowest BCUT2D eigenvalue weighted by molar-refractivity contribution is -0.384. The highest BCUT2D eigenvalue weighted by molar-refractivity contribution is 9.10. The van der Waals surface area contributed by atoms with E-state index in [9.17, 15) is 10.1 Å². The van der Waals surface area contributed by atoms with Gasteiger partial charge in [-0.15, -0.1) is 0 Å². The average molecular weight is 356 g/mol. The molecule has 1 saturated carbocycles. The van der Waals surface area contributed by atoms with Gasteiger partial charge in [0.05, 0.1) is 4.92 Å². The highest BCUT2D eigenvalue weighted by atomic mass is 79.9. The van der Waals surface area contributed by atoms with E-state index < -0.39 is 0 Å². The van der Waals surface area contributed by atoms with Crippen molar-refractivity contribution in [1.82, 2.24) is 0 Å². The van der Waals surface area contributed by atoms with Crippen LogP contribution in [0.25, 0.3) is 0 Å². The first-order valence-corrected chi connectivity index (χ1v) is 8.28. The van der Waals surface area contributed by atoms with Crippen LogP contribution >= 0.6 is 15.9 Å². The van der Waals surface area contributed by atoms with Gasteiger partial charge in [0.25, 0.3) is 5.69 Å². The van der Waals surface area contributed by atoms with Crippen molar-refractivity contribution >= 4 is 27.3 Å². The zero-order valence-corrected chi connectivity index (χ0v) is 13.9. The van der Waals surface area contributed by atoms with Crippen molar-refractivity contribution in [2.75, 3.05) is 11.4 Å². The van der Waals surface area contributed by atoms with E-state index in [1.54, 1.807) is 6.07 Å². The summed E-state index contributed by atoms with van der Waals surface area (Å²) in [6.07, 6.45) is 4.98. The van der Waals surface area contributed by atoms with Crippen molar-refractivity contribution in [2.24, 2.45) is 5.73 Å². The fraction of sp³-hybridized carbons (Fsp3) is 0.600. The van der Waals surface area contributed by atoms with E-state index in [0.717, 1.165) is 48.8 Å². The molecule has 1 fully saturated rings. The first kappa shape index (κ1) is 16.2. The molecule has 0 unspecified atom stereocenters. The van der Waals surface area contributed by atoms with Gasteiger partial charge in [-0.25, -0.2) is 0 Å². The Bertz CT molecular complexity index is 502. The molecule has 1 aliphatic carbocycles. The number of halogens is 1. The first-order chi connectivity index (χ1) is 10.0. The summed E-state index contributed by atoms with van der Waals surface area (Å²) in [5.74, 6) is 0. The zero-order chi connectivity index (χ0) is 15.4. The average Bonchev–Trinajstić information content (AvgIpc) is 2.46. The summed E-state index contributed by atoms with van der Waals surface area (Å²) >= 11 is 3.32. The molecule has 0 heterocycles. The molecule has 2 N–H and O–H groups in total. The predicted octanol–water partition coefficient (Wildman–Crippen LogP) is 3.84. The third-order valence-corrected chi connectivity index (χ3v) is 4.58. The number of anilines is 1. The van der Waals surface area contributed by atoms with Crippen LogP contribution in [0.3, 0.4) is 0 Å². The molecule has 21 heavy (non-hydrogen) atoms. The lowest BCUT2D eigenvalue weighted by Gasteiger charge is -2.37. The van der Waals surface area contributed by atoms with E-state index in [-0.39, 0.29) is 16.7 Å². The summed E-state index contributed by atoms with van der Waals surface area (Å²) in [6, 6.07) is 5.95. The number of hydrogen-bond donors (Lipinski definition) is 1. The number of nitrogens with two attached hydrogens (primary N) is 1. The number of nitro benzene ring substituents is 1. The van der Waals surface area contributed by atoms with Gasteiger partial charge in [-0.3, -0.25) is 10.1 Å². The van der Waals surface area contributed by atoms with E-state index in [1.807, 2.05) is 12.1 Å². The maximum Gasteiger partial charge on any atom is 0.293 e. The van der Waals surface area contributed by atoms with Crippen LogP contribution in [0.1, 0.15) is 39.0 Å². The van der Waals surface area contributed by atoms with Crippen LogP contribution in [0, 0.1) is 10.1 Å². The summed E-state index contributed by atoms with van der Waals surface area (Å²) in [4.78, 5) is 13.3. The van der Waals surface area contributed by atoms with Crippen LogP contribution < -0.4 is 10.6 Å². The number of hydrogen-bond acceptors (Lipinski definition) is 4. The quantitative estimate of drug-likeness (QED) is 0.643. The SMILES string of the molecule is CCCN(c1ccc(Br)cc1[N+](=O)[O-])C1CCC(N)CC1. The lowest BCUT2D eigenvalue weighted by Crippen LogP contribution is -2.41. The molecule has 0 radical (unpaired) electrons. The van der Waals surface area contributed by atoms with Crippen molar-refractivity contribution in [3.05, 3.63) is 32.8 Å². The van der Waals surface area contributed by atoms with Crippen molar-refractivity contribution in [3.63, 3.8) is 0 Å². The van der Waals surface area contributed by atoms with E-state index in [4.69, 9.17) is 5.73 Å². The molecule has 0 saturated heterocycles. The van der Waals surface area contributed by atoms with E-state index in [0.29, 0.717) is 6.04 Å². The monoisotopic (exact) mass is 355 g/mol. The lowest BCUT2D eigenvalue weighted by atomic mass is 9.90. The smallest absolute Gasteiger partial charge is 0.293 e. The molecule has 1 aromatic rings. The summed E-state index contributed by atoms with van der Waals surface area (Å²) in [5.41, 5.74) is 6.88. The maximum atomic E-state index is 11.4. The minimum Gasteiger partial charge on any atom is -0.363 e. The fourth-order valence-electron chi connectivity index (χ4n) is 3.04. The fourth-order valence-corrected chi connectivity index (χ4v) is 3.39. The second-order valence-corrected chi connectivity index (χ2v) is 6.57. The molecule has 1 aromatic carbocycles. The second-order valence-electron chi connectivity index (χ2n) is 5.65. The molecule has 6 heteroatoms. The maximum absolute atomic E-state index is 11.4. The number of nitrogens with zero attached hydrogens (tertiary/aromatic N) is 2. The van der Waals surface area contributed by atoms with Crippen molar-refractivity contribution in [3.8, 4) is 0 Å². The van der Waals surface area contributed by atoms with Gasteiger partial charge >= 0.3 is 0 Å². The summed E-state index contributed by atoms with van der Waals surface area (Å²) in [7, 11) is 0. The van der Waals surface area contributed by atoms with Crippen LogP contribution in [-0.4, -0.2) is 23.6 Å². The predicted molar refractivity (Wildman–Crippen MR) is 88.7 cm³/mol. The standard InChI is InChI=1S/C15H22BrN3O2/c1-2-9-18(13-6-4-12(17)5-7-13)14-8-3-11(16)10-15(14)19(20)21/h3,8,10,12-13H,2,4-7,9,17H2,1H3. The summed E-state index contributed by atoms with van der Waals surface area (Å²) in [5, 5.41) is 11.4. The summed E-state index contributed by atoms with van der Waals surface area (Å²) in [6.45, 7) is 2.94. The molecule has 116 valence electrons. The Morgan fingerprint density at radius 1 is 1.38 bits per heavy atom. The highest BCUT2D eigenvalue weighted by Crippen LogP contribution is 2.35. The Morgan fingerprint density at radius 3 is 2.62 bits per heavy atom. The van der Waals surface area contributed by atoms with Crippen LogP contribution in [0.15, 0.2) is 22.7 Å². The molecule has 1 aliphatic rings. The highest BCUT2D eigenvalue weighted by Gasteiger charge is 2.28. The molecule has 0 spiro atoms. The molecule has 0 bridgehead atoms. The number of rotatable bonds is 5. The van der Waals surface area contributed by atoms with Crippen LogP contribution in [-0.2, 0) is 0 Å². The van der Waals surface area contributed by atoms with Crippen molar-refractivity contribution in [1.29, 1.82) is 0 Å². The van der Waals surface area contributed by atoms with Crippen LogP contribution in [0.2, 0.25) is 0 Å². The number of benzene rings is 1. The van der Waals surface area contributed by atoms with E-state index in [2.05, 4.69) is 27.8 Å². The minimum absolute atomic E-state index is 0.174. The Balaban J connectivity index is 2.31. The molecule has 0 aromatic heterocycles. The van der Waals surface area contributed by atoms with E-state index in [1.165, 1.54) is 0 Å². The van der Waals surface area contributed by atoms with Crippen LogP contribution in [0.5, 0.6) is 0 Å². The topological polar surface area (TPSA) is 72.4 Å². The Kier molecular flexibility index (Phi) is 5.58. The summed E-state index contributed by atoms with van der Waals surface area (Å²) < 4.78 is 0.736.